The fourth-order valence-corrected chi connectivity index (χ4v) is 14.7. The molecule has 0 N–H and O–H groups in total. The first-order chi connectivity index (χ1) is 9.35. The van der Waals surface area contributed by atoms with E-state index in [2.05, 4.69) is 195 Å². The molecule has 0 radical (unpaired) electrons. The quantitative estimate of drug-likeness (QED) is 0.191. The third-order valence-electron chi connectivity index (χ3n) is 3.09. The second kappa shape index (κ2) is 12.4. The zero-order chi connectivity index (χ0) is 17.1. The van der Waals surface area contributed by atoms with Crippen molar-refractivity contribution in [2.24, 2.45) is 11.8 Å². The van der Waals surface area contributed by atoms with Crippen LogP contribution >= 0.6 is 181 Å². The summed E-state index contributed by atoms with van der Waals surface area (Å²) in [5.74, 6) is 0.274. The van der Waals surface area contributed by atoms with E-state index in [4.69, 9.17) is 0 Å². The SMILES string of the molecule is CC(C(I)I)C(C(I)I)S(=O)(=O)C(C(I)I)C(C)C(I)I. The molecule has 128 valence electrons. The molecule has 0 fully saturated rings. The van der Waals surface area contributed by atoms with Crippen molar-refractivity contribution in [1.82, 2.24) is 0 Å². The Bertz CT molecular complexity index is 379. The van der Waals surface area contributed by atoms with Crippen LogP contribution in [0.4, 0.5) is 0 Å². The summed E-state index contributed by atoms with van der Waals surface area (Å²) in [6, 6.07) is 0. The maximum Gasteiger partial charge on any atom is 0.160 e. The molecule has 21 heavy (non-hydrogen) atoms. The molecule has 0 spiro atoms. The molecule has 0 bridgehead atoms. The highest BCUT2D eigenvalue weighted by molar-refractivity contribution is 14.2. The van der Waals surface area contributed by atoms with Crippen molar-refractivity contribution in [3.8, 4) is 0 Å². The molecule has 0 aromatic carbocycles. The van der Waals surface area contributed by atoms with Crippen LogP contribution in [-0.4, -0.2) is 26.6 Å². The third-order valence-corrected chi connectivity index (χ3v) is 15.6. The topological polar surface area (TPSA) is 34.1 Å². The standard InChI is InChI=1S/C10H14I8O2S/c1-3(7(11)12)5(9(15)16)21(19,20)6(10(17)18)4(2)8(13)14/h3-10H,1-2H3. The van der Waals surface area contributed by atoms with Crippen LogP contribution in [0.1, 0.15) is 13.8 Å². The number of alkyl halides is 8. The highest BCUT2D eigenvalue weighted by Crippen LogP contribution is 2.42. The summed E-state index contributed by atoms with van der Waals surface area (Å²) in [6.07, 6.45) is 0. The predicted molar refractivity (Wildman–Crippen MR) is 162 cm³/mol. The van der Waals surface area contributed by atoms with E-state index in [-0.39, 0.29) is 26.2 Å². The van der Waals surface area contributed by atoms with Crippen LogP contribution in [0.2, 0.25) is 0 Å². The molecule has 11 heteroatoms. The second-order valence-corrected chi connectivity index (χ2v) is 27.1. The number of halogens is 8. The molecule has 0 aromatic heterocycles. The van der Waals surface area contributed by atoms with E-state index in [1.165, 1.54) is 0 Å². The van der Waals surface area contributed by atoms with Gasteiger partial charge in [0.15, 0.2) is 9.84 Å². The van der Waals surface area contributed by atoms with E-state index in [1.54, 1.807) is 0 Å². The van der Waals surface area contributed by atoms with Gasteiger partial charge in [0, 0.05) is 0 Å². The highest BCUT2D eigenvalue weighted by Gasteiger charge is 2.47. The van der Waals surface area contributed by atoms with Gasteiger partial charge in [-0.1, -0.05) is 195 Å². The number of sulfone groups is 1. The van der Waals surface area contributed by atoms with Crippen molar-refractivity contribution in [3.63, 3.8) is 0 Å². The molecule has 0 heterocycles. The van der Waals surface area contributed by atoms with E-state index in [0.717, 1.165) is 0 Å². The lowest BCUT2D eigenvalue weighted by atomic mass is 10.1. The summed E-state index contributed by atoms with van der Waals surface area (Å²) in [7, 11) is -3.20. The molecule has 0 aromatic rings. The van der Waals surface area contributed by atoms with Crippen LogP contribution in [0.5, 0.6) is 0 Å². The van der Waals surface area contributed by atoms with Crippen LogP contribution in [-0.2, 0) is 9.84 Å². The van der Waals surface area contributed by atoms with Gasteiger partial charge in [0.25, 0.3) is 0 Å². The number of rotatable bonds is 8. The minimum atomic E-state index is -3.20. The zero-order valence-corrected chi connectivity index (χ0v) is 28.9. The molecule has 0 aliphatic carbocycles. The Morgan fingerprint density at radius 2 is 0.810 bits per heavy atom. The normalized spacial score (nSPS) is 19.3. The molecule has 0 saturated heterocycles. The molecule has 0 saturated carbocycles. The van der Waals surface area contributed by atoms with Gasteiger partial charge in [-0.25, -0.2) is 8.42 Å². The molecule has 0 rings (SSSR count). The maximum absolute atomic E-state index is 13.4. The van der Waals surface area contributed by atoms with Gasteiger partial charge in [0.1, 0.15) is 0 Å². The van der Waals surface area contributed by atoms with E-state index >= 15 is 0 Å². The van der Waals surface area contributed by atoms with Gasteiger partial charge in [-0.05, 0) is 11.8 Å². The maximum atomic E-state index is 13.4. The van der Waals surface area contributed by atoms with Gasteiger partial charge in [-0.2, -0.15) is 0 Å². The Labute approximate surface area is 237 Å². The van der Waals surface area contributed by atoms with Crippen LogP contribution in [0.15, 0.2) is 0 Å². The molecular formula is C10H14I8O2S. The van der Waals surface area contributed by atoms with Crippen molar-refractivity contribution < 1.29 is 8.42 Å². The average molecular weight is 1210 g/mol. The van der Waals surface area contributed by atoms with Crippen molar-refractivity contribution in [3.05, 3.63) is 0 Å². The van der Waals surface area contributed by atoms with E-state index in [9.17, 15) is 8.42 Å². The van der Waals surface area contributed by atoms with Gasteiger partial charge in [0.05, 0.1) is 18.2 Å². The Hall–Kier alpha value is 5.79. The number of hydrogen-bond acceptors (Lipinski definition) is 2. The lowest BCUT2D eigenvalue weighted by Crippen LogP contribution is -2.47. The summed E-state index contributed by atoms with van der Waals surface area (Å²) in [4.78, 5) is 0. The van der Waals surface area contributed by atoms with Gasteiger partial charge >= 0.3 is 0 Å². The molecular weight excluding hydrogens is 1200 g/mol. The van der Waals surface area contributed by atoms with Crippen molar-refractivity contribution in [2.45, 2.75) is 32.1 Å². The van der Waals surface area contributed by atoms with Crippen molar-refractivity contribution >= 4 is 191 Å². The third kappa shape index (κ3) is 8.36. The highest BCUT2D eigenvalue weighted by atomic mass is 127. The van der Waals surface area contributed by atoms with Crippen LogP contribution in [0.25, 0.3) is 0 Å². The summed E-state index contributed by atoms with van der Waals surface area (Å²) < 4.78 is 27.5. The minimum Gasteiger partial charge on any atom is -0.228 e. The van der Waals surface area contributed by atoms with Gasteiger partial charge in [-0.15, -0.1) is 0 Å². The van der Waals surface area contributed by atoms with Crippen LogP contribution < -0.4 is 0 Å². The van der Waals surface area contributed by atoms with E-state index < -0.39 is 9.84 Å². The summed E-state index contributed by atoms with van der Waals surface area (Å²) >= 11 is 18.4. The van der Waals surface area contributed by atoms with Crippen molar-refractivity contribution in [2.75, 3.05) is 0 Å². The van der Waals surface area contributed by atoms with E-state index in [1.807, 2.05) is 0 Å². The fraction of sp³-hybridized carbons (Fsp3) is 1.00. The van der Waals surface area contributed by atoms with Crippen LogP contribution in [0, 0.1) is 11.8 Å². The monoisotopic (exact) mass is 1210 g/mol. The largest absolute Gasteiger partial charge is 0.228 e. The van der Waals surface area contributed by atoms with Crippen molar-refractivity contribution in [1.29, 1.82) is 0 Å². The Kier molecular flexibility index (Phi) is 15.8. The van der Waals surface area contributed by atoms with Gasteiger partial charge in [0.2, 0.25) is 0 Å². The zero-order valence-electron chi connectivity index (χ0n) is 10.9. The molecule has 0 aliphatic heterocycles. The Morgan fingerprint density at radius 1 is 0.571 bits per heavy atom. The lowest BCUT2D eigenvalue weighted by Gasteiger charge is -2.34. The first-order valence-electron chi connectivity index (χ1n) is 5.71. The lowest BCUT2D eigenvalue weighted by molar-refractivity contribution is 0.517. The number of hydrogen-bond donors (Lipinski definition) is 0. The summed E-state index contributed by atoms with van der Waals surface area (Å²) in [5, 5.41) is -0.605. The molecule has 4 atom stereocenters. The second-order valence-electron chi connectivity index (χ2n) is 4.57. The molecule has 4 unspecified atom stereocenters. The Balaban J connectivity index is 5.83. The molecule has 0 amide bonds. The molecule has 2 nitrogen and oxygen atoms in total. The van der Waals surface area contributed by atoms with Gasteiger partial charge < -0.3 is 0 Å². The predicted octanol–water partition coefficient (Wildman–Crippen LogP) is 7.20. The summed E-state index contributed by atoms with van der Waals surface area (Å²) in [6.45, 7) is 4.14. The van der Waals surface area contributed by atoms with Gasteiger partial charge in [-0.3, -0.25) is 0 Å². The fourth-order valence-electron chi connectivity index (χ4n) is 1.81. The average Bonchev–Trinajstić information content (AvgIpc) is 2.26. The first-order valence-corrected chi connectivity index (χ1v) is 17.3. The Morgan fingerprint density at radius 3 is 0.952 bits per heavy atom. The smallest absolute Gasteiger partial charge is 0.160 e. The molecule has 0 aliphatic rings. The van der Waals surface area contributed by atoms with E-state index in [0.29, 0.717) is 3.86 Å². The minimum absolute atomic E-state index is 0.0790. The van der Waals surface area contributed by atoms with Crippen LogP contribution in [0.3, 0.4) is 0 Å². The first kappa shape index (κ1) is 26.8. The summed E-state index contributed by atoms with van der Waals surface area (Å²) in [5.41, 5.74) is 0.